The zero-order chi connectivity index (χ0) is 10.7. The van der Waals surface area contributed by atoms with E-state index in [1.807, 2.05) is 34.8 Å². The number of amides is 1. The van der Waals surface area contributed by atoms with Crippen LogP contribution in [0.2, 0.25) is 0 Å². The SMILES string of the molecule is Cn1cccc1CC(=O)N1CCNCC1. The van der Waals surface area contributed by atoms with Crippen molar-refractivity contribution in [3.63, 3.8) is 0 Å². The van der Waals surface area contributed by atoms with E-state index in [1.165, 1.54) is 0 Å². The van der Waals surface area contributed by atoms with Crippen LogP contribution in [0.15, 0.2) is 18.3 Å². The summed E-state index contributed by atoms with van der Waals surface area (Å²) >= 11 is 0. The molecule has 4 heteroatoms. The van der Waals surface area contributed by atoms with Crippen molar-refractivity contribution < 1.29 is 4.79 Å². The second-order valence-corrected chi connectivity index (χ2v) is 3.92. The topological polar surface area (TPSA) is 37.3 Å². The Labute approximate surface area is 89.9 Å². The van der Waals surface area contributed by atoms with Crippen LogP contribution in [0, 0.1) is 0 Å². The molecule has 4 nitrogen and oxygen atoms in total. The van der Waals surface area contributed by atoms with Crippen molar-refractivity contribution in [3.8, 4) is 0 Å². The molecule has 1 N–H and O–H groups in total. The molecule has 1 aliphatic heterocycles. The quantitative estimate of drug-likeness (QED) is 0.741. The van der Waals surface area contributed by atoms with E-state index >= 15 is 0 Å². The normalized spacial score (nSPS) is 16.7. The summed E-state index contributed by atoms with van der Waals surface area (Å²) < 4.78 is 2.00. The molecule has 0 bridgehead atoms. The van der Waals surface area contributed by atoms with E-state index < -0.39 is 0 Å². The van der Waals surface area contributed by atoms with Crippen molar-refractivity contribution in [2.24, 2.45) is 7.05 Å². The maximum Gasteiger partial charge on any atom is 0.228 e. The summed E-state index contributed by atoms with van der Waals surface area (Å²) in [5.41, 5.74) is 1.08. The highest BCUT2D eigenvalue weighted by Gasteiger charge is 2.16. The molecule has 0 spiro atoms. The van der Waals surface area contributed by atoms with Gasteiger partial charge in [-0.05, 0) is 12.1 Å². The molecule has 0 unspecified atom stereocenters. The summed E-state index contributed by atoms with van der Waals surface area (Å²) in [5.74, 6) is 0.235. The average molecular weight is 207 g/mol. The molecule has 1 saturated heterocycles. The molecule has 2 heterocycles. The minimum Gasteiger partial charge on any atom is -0.354 e. The van der Waals surface area contributed by atoms with Crippen molar-refractivity contribution >= 4 is 5.91 Å². The van der Waals surface area contributed by atoms with E-state index in [9.17, 15) is 4.79 Å². The summed E-state index contributed by atoms with van der Waals surface area (Å²) in [4.78, 5) is 13.8. The third kappa shape index (κ3) is 2.39. The van der Waals surface area contributed by atoms with Crippen LogP contribution in [0.25, 0.3) is 0 Å². The molecule has 0 aliphatic carbocycles. The van der Waals surface area contributed by atoms with Crippen LogP contribution in [0.4, 0.5) is 0 Å². The van der Waals surface area contributed by atoms with Crippen molar-refractivity contribution in [2.45, 2.75) is 6.42 Å². The number of carbonyl (C=O) groups is 1. The van der Waals surface area contributed by atoms with Crippen LogP contribution in [0.5, 0.6) is 0 Å². The van der Waals surface area contributed by atoms with Gasteiger partial charge in [-0.1, -0.05) is 0 Å². The lowest BCUT2D eigenvalue weighted by atomic mass is 10.2. The van der Waals surface area contributed by atoms with E-state index in [2.05, 4.69) is 5.32 Å². The van der Waals surface area contributed by atoms with Gasteiger partial charge in [0.15, 0.2) is 0 Å². The van der Waals surface area contributed by atoms with E-state index in [0.29, 0.717) is 6.42 Å². The maximum absolute atomic E-state index is 11.9. The third-order valence-electron chi connectivity index (χ3n) is 2.85. The molecule has 0 aromatic carbocycles. The molecule has 1 amide bonds. The minimum absolute atomic E-state index is 0.235. The number of nitrogens with one attached hydrogen (secondary N) is 1. The van der Waals surface area contributed by atoms with Gasteiger partial charge in [0.2, 0.25) is 5.91 Å². The average Bonchev–Trinajstić information content (AvgIpc) is 2.66. The van der Waals surface area contributed by atoms with Crippen LogP contribution < -0.4 is 5.32 Å². The number of hydrogen-bond acceptors (Lipinski definition) is 2. The zero-order valence-electron chi connectivity index (χ0n) is 9.07. The van der Waals surface area contributed by atoms with Gasteiger partial charge >= 0.3 is 0 Å². The van der Waals surface area contributed by atoms with Gasteiger partial charge < -0.3 is 14.8 Å². The molecule has 82 valence electrons. The Bertz CT molecular complexity index is 339. The number of aryl methyl sites for hydroxylation is 1. The lowest BCUT2D eigenvalue weighted by molar-refractivity contribution is -0.131. The van der Waals surface area contributed by atoms with Crippen molar-refractivity contribution in [3.05, 3.63) is 24.0 Å². The Morgan fingerprint density at radius 3 is 2.80 bits per heavy atom. The first-order chi connectivity index (χ1) is 7.27. The number of rotatable bonds is 2. The van der Waals surface area contributed by atoms with Crippen molar-refractivity contribution in [1.29, 1.82) is 0 Å². The molecule has 1 aromatic heterocycles. The number of aromatic nitrogens is 1. The first-order valence-electron chi connectivity index (χ1n) is 5.36. The predicted octanol–water partition coefficient (Wildman–Crippen LogP) is -0.000600. The highest BCUT2D eigenvalue weighted by Crippen LogP contribution is 2.04. The first kappa shape index (κ1) is 10.2. The first-order valence-corrected chi connectivity index (χ1v) is 5.36. The van der Waals surface area contributed by atoms with Crippen LogP contribution in [0.3, 0.4) is 0 Å². The van der Waals surface area contributed by atoms with Gasteiger partial charge in [0.25, 0.3) is 0 Å². The van der Waals surface area contributed by atoms with Gasteiger partial charge in [0, 0.05) is 45.1 Å². The second kappa shape index (κ2) is 4.49. The summed E-state index contributed by atoms with van der Waals surface area (Å²) in [5, 5.41) is 3.24. The lowest BCUT2D eigenvalue weighted by Gasteiger charge is -2.27. The van der Waals surface area contributed by atoms with Crippen LogP contribution in [0.1, 0.15) is 5.69 Å². The maximum atomic E-state index is 11.9. The monoisotopic (exact) mass is 207 g/mol. The van der Waals surface area contributed by atoms with Crippen molar-refractivity contribution in [1.82, 2.24) is 14.8 Å². The molecule has 1 fully saturated rings. The molecule has 0 saturated carbocycles. The van der Waals surface area contributed by atoms with Crippen LogP contribution in [-0.2, 0) is 18.3 Å². The number of carbonyl (C=O) groups excluding carboxylic acids is 1. The standard InChI is InChI=1S/C11H17N3O/c1-13-6-2-3-10(13)9-11(15)14-7-4-12-5-8-14/h2-3,6,12H,4-5,7-9H2,1H3. The highest BCUT2D eigenvalue weighted by atomic mass is 16.2. The van der Waals surface area contributed by atoms with E-state index in [-0.39, 0.29) is 5.91 Å². The summed E-state index contributed by atoms with van der Waals surface area (Å²) in [6.45, 7) is 3.50. The molecule has 2 rings (SSSR count). The zero-order valence-corrected chi connectivity index (χ0v) is 9.07. The molecular formula is C11H17N3O. The minimum atomic E-state index is 0.235. The summed E-state index contributed by atoms with van der Waals surface area (Å²) in [6.07, 6.45) is 2.49. The highest BCUT2D eigenvalue weighted by molar-refractivity contribution is 5.78. The van der Waals surface area contributed by atoms with E-state index in [4.69, 9.17) is 0 Å². The van der Waals surface area contributed by atoms with Gasteiger partial charge in [-0.15, -0.1) is 0 Å². The van der Waals surface area contributed by atoms with Crippen LogP contribution >= 0.6 is 0 Å². The largest absolute Gasteiger partial charge is 0.354 e. The van der Waals surface area contributed by atoms with Crippen LogP contribution in [-0.4, -0.2) is 41.6 Å². The second-order valence-electron chi connectivity index (χ2n) is 3.92. The Morgan fingerprint density at radius 2 is 2.20 bits per heavy atom. The van der Waals surface area contributed by atoms with Crippen molar-refractivity contribution in [2.75, 3.05) is 26.2 Å². The Hall–Kier alpha value is -1.29. The lowest BCUT2D eigenvalue weighted by Crippen LogP contribution is -2.47. The van der Waals surface area contributed by atoms with E-state index in [1.54, 1.807) is 0 Å². The van der Waals surface area contributed by atoms with E-state index in [0.717, 1.165) is 31.9 Å². The summed E-state index contributed by atoms with van der Waals surface area (Å²) in [6, 6.07) is 3.97. The van der Waals surface area contributed by atoms with Gasteiger partial charge in [0.05, 0.1) is 6.42 Å². The fourth-order valence-corrected chi connectivity index (χ4v) is 1.86. The molecule has 0 atom stereocenters. The molecule has 1 aliphatic rings. The predicted molar refractivity (Wildman–Crippen MR) is 58.6 cm³/mol. The number of hydrogen-bond donors (Lipinski definition) is 1. The molecular weight excluding hydrogens is 190 g/mol. The molecule has 15 heavy (non-hydrogen) atoms. The molecule has 1 aromatic rings. The fourth-order valence-electron chi connectivity index (χ4n) is 1.86. The smallest absolute Gasteiger partial charge is 0.228 e. The Kier molecular flexibility index (Phi) is 3.06. The van der Waals surface area contributed by atoms with Gasteiger partial charge in [-0.3, -0.25) is 4.79 Å². The van der Waals surface area contributed by atoms with Gasteiger partial charge in [-0.2, -0.15) is 0 Å². The fraction of sp³-hybridized carbons (Fsp3) is 0.545. The molecule has 0 radical (unpaired) electrons. The Balaban J connectivity index is 1.94. The number of nitrogens with zero attached hydrogens (tertiary/aromatic N) is 2. The Morgan fingerprint density at radius 1 is 1.47 bits per heavy atom. The van der Waals surface area contributed by atoms with Gasteiger partial charge in [0.1, 0.15) is 0 Å². The summed E-state index contributed by atoms with van der Waals surface area (Å²) in [7, 11) is 1.97. The number of piperazine rings is 1. The van der Waals surface area contributed by atoms with Gasteiger partial charge in [-0.25, -0.2) is 0 Å². The third-order valence-corrected chi connectivity index (χ3v) is 2.85.